The van der Waals surface area contributed by atoms with E-state index in [0.717, 1.165) is 16.9 Å². The number of nitro groups is 1. The van der Waals surface area contributed by atoms with Crippen molar-refractivity contribution in [3.05, 3.63) is 69.8 Å². The number of benzene rings is 2. The van der Waals surface area contributed by atoms with E-state index in [4.69, 9.17) is 4.74 Å². The van der Waals surface area contributed by atoms with Crippen LogP contribution < -0.4 is 4.74 Å². The zero-order valence-electron chi connectivity index (χ0n) is 10.9. The van der Waals surface area contributed by atoms with E-state index in [0.29, 0.717) is 0 Å². The number of hydrogen-bond acceptors (Lipinski definition) is 3. The first-order valence-electron chi connectivity index (χ1n) is 6.00. The zero-order valence-corrected chi connectivity index (χ0v) is 10.9. The summed E-state index contributed by atoms with van der Waals surface area (Å²) in [5.41, 5.74) is 2.15. The van der Waals surface area contributed by atoms with Gasteiger partial charge in [0.05, 0.1) is 12.0 Å². The molecule has 2 aromatic carbocycles. The van der Waals surface area contributed by atoms with Crippen LogP contribution in [0.4, 0.5) is 5.69 Å². The maximum atomic E-state index is 10.8. The summed E-state index contributed by atoms with van der Waals surface area (Å²) in [6.07, 6.45) is 0. The lowest BCUT2D eigenvalue weighted by atomic mass is 9.93. The number of hydrogen-bond donors (Lipinski definition) is 0. The predicted molar refractivity (Wildman–Crippen MR) is 73.6 cm³/mol. The maximum Gasteiger partial charge on any atom is 0.269 e. The molecule has 1 unspecified atom stereocenters. The van der Waals surface area contributed by atoms with E-state index in [1.165, 1.54) is 6.07 Å². The highest BCUT2D eigenvalue weighted by molar-refractivity contribution is 5.41. The zero-order chi connectivity index (χ0) is 13.8. The molecule has 19 heavy (non-hydrogen) atoms. The van der Waals surface area contributed by atoms with Gasteiger partial charge in [-0.25, -0.2) is 0 Å². The lowest BCUT2D eigenvalue weighted by molar-refractivity contribution is -0.384. The third kappa shape index (κ3) is 2.91. The lowest BCUT2D eigenvalue weighted by Gasteiger charge is -2.12. The van der Waals surface area contributed by atoms with Crippen molar-refractivity contribution in [1.82, 2.24) is 0 Å². The highest BCUT2D eigenvalue weighted by Crippen LogP contribution is 2.27. The smallest absolute Gasteiger partial charge is 0.269 e. The van der Waals surface area contributed by atoms with Crippen LogP contribution in [0, 0.1) is 10.1 Å². The van der Waals surface area contributed by atoms with Crippen LogP contribution in [-0.4, -0.2) is 12.0 Å². The molecule has 0 aromatic heterocycles. The van der Waals surface area contributed by atoms with E-state index in [9.17, 15) is 10.1 Å². The van der Waals surface area contributed by atoms with Crippen LogP contribution in [-0.2, 0) is 0 Å². The fourth-order valence-corrected chi connectivity index (χ4v) is 1.99. The molecule has 0 N–H and O–H groups in total. The molecule has 0 fully saturated rings. The van der Waals surface area contributed by atoms with Crippen LogP contribution in [0.5, 0.6) is 5.75 Å². The first kappa shape index (κ1) is 13.1. The SMILES string of the molecule is COc1ccc(C(C)c2cccc([N+](=O)[O-])c2)cc1. The third-order valence-electron chi connectivity index (χ3n) is 3.20. The summed E-state index contributed by atoms with van der Waals surface area (Å²) in [6.45, 7) is 2.03. The Labute approximate surface area is 111 Å². The highest BCUT2D eigenvalue weighted by atomic mass is 16.6. The number of ether oxygens (including phenoxy) is 1. The van der Waals surface area contributed by atoms with E-state index in [1.54, 1.807) is 19.2 Å². The van der Waals surface area contributed by atoms with E-state index < -0.39 is 0 Å². The normalized spacial score (nSPS) is 11.9. The summed E-state index contributed by atoms with van der Waals surface area (Å²) in [7, 11) is 1.62. The van der Waals surface area contributed by atoms with Gasteiger partial charge >= 0.3 is 0 Å². The average Bonchev–Trinajstić information content (AvgIpc) is 2.46. The molecule has 98 valence electrons. The van der Waals surface area contributed by atoms with Crippen LogP contribution in [0.15, 0.2) is 48.5 Å². The first-order chi connectivity index (χ1) is 9.11. The summed E-state index contributed by atoms with van der Waals surface area (Å²) in [6, 6.07) is 14.5. The predicted octanol–water partition coefficient (Wildman–Crippen LogP) is 3.76. The molecule has 2 rings (SSSR count). The second-order valence-corrected chi connectivity index (χ2v) is 4.35. The Morgan fingerprint density at radius 1 is 1.11 bits per heavy atom. The molecule has 4 heteroatoms. The fraction of sp³-hybridized carbons (Fsp3) is 0.200. The maximum absolute atomic E-state index is 10.8. The summed E-state index contributed by atoms with van der Waals surface area (Å²) in [5, 5.41) is 10.8. The Bertz CT molecular complexity index is 578. The van der Waals surface area contributed by atoms with E-state index in [2.05, 4.69) is 0 Å². The van der Waals surface area contributed by atoms with Crippen molar-refractivity contribution in [3.8, 4) is 5.75 Å². The van der Waals surface area contributed by atoms with Gasteiger partial charge in [0.15, 0.2) is 0 Å². The quantitative estimate of drug-likeness (QED) is 0.619. The Balaban J connectivity index is 2.29. The summed E-state index contributed by atoms with van der Waals surface area (Å²) in [4.78, 5) is 10.4. The van der Waals surface area contributed by atoms with Crippen LogP contribution in [0.3, 0.4) is 0 Å². The van der Waals surface area contributed by atoms with Crippen molar-refractivity contribution in [1.29, 1.82) is 0 Å². The van der Waals surface area contributed by atoms with Crippen LogP contribution in [0.2, 0.25) is 0 Å². The van der Waals surface area contributed by atoms with Gasteiger partial charge in [0, 0.05) is 18.1 Å². The van der Waals surface area contributed by atoms with Gasteiger partial charge in [-0.15, -0.1) is 0 Å². The number of rotatable bonds is 4. The standard InChI is InChI=1S/C15H15NO3/c1-11(12-6-8-15(19-2)9-7-12)13-4-3-5-14(10-13)16(17)18/h3-11H,1-2H3. The van der Waals surface area contributed by atoms with E-state index in [1.807, 2.05) is 37.3 Å². The van der Waals surface area contributed by atoms with Gasteiger partial charge in [0.2, 0.25) is 0 Å². The topological polar surface area (TPSA) is 52.4 Å². The van der Waals surface area contributed by atoms with Crippen LogP contribution in [0.25, 0.3) is 0 Å². The van der Waals surface area contributed by atoms with Crippen molar-refractivity contribution in [2.75, 3.05) is 7.11 Å². The Morgan fingerprint density at radius 2 is 1.79 bits per heavy atom. The van der Waals surface area contributed by atoms with Crippen molar-refractivity contribution in [3.63, 3.8) is 0 Å². The molecule has 0 heterocycles. The molecular weight excluding hydrogens is 242 g/mol. The Morgan fingerprint density at radius 3 is 2.37 bits per heavy atom. The molecule has 4 nitrogen and oxygen atoms in total. The third-order valence-corrected chi connectivity index (χ3v) is 3.20. The number of nitro benzene ring substituents is 1. The van der Waals surface area contributed by atoms with Crippen LogP contribution >= 0.6 is 0 Å². The molecule has 0 radical (unpaired) electrons. The summed E-state index contributed by atoms with van der Waals surface area (Å²) >= 11 is 0. The summed E-state index contributed by atoms with van der Waals surface area (Å²) in [5.74, 6) is 0.904. The first-order valence-corrected chi connectivity index (χ1v) is 6.00. The monoisotopic (exact) mass is 257 g/mol. The van der Waals surface area contributed by atoms with Gasteiger partial charge in [-0.3, -0.25) is 10.1 Å². The van der Waals surface area contributed by atoms with Crippen molar-refractivity contribution < 1.29 is 9.66 Å². The van der Waals surface area contributed by atoms with Gasteiger partial charge in [-0.1, -0.05) is 31.2 Å². The number of methoxy groups -OCH3 is 1. The second kappa shape index (κ2) is 5.52. The van der Waals surface area contributed by atoms with Crippen LogP contribution in [0.1, 0.15) is 24.0 Å². The minimum absolute atomic E-state index is 0.103. The summed E-state index contributed by atoms with van der Waals surface area (Å²) < 4.78 is 5.12. The Hall–Kier alpha value is -2.36. The van der Waals surface area contributed by atoms with E-state index >= 15 is 0 Å². The molecule has 0 aliphatic carbocycles. The molecule has 0 aliphatic heterocycles. The molecule has 2 aromatic rings. The molecule has 0 spiro atoms. The molecule has 1 atom stereocenters. The largest absolute Gasteiger partial charge is 0.497 e. The van der Waals surface area contributed by atoms with E-state index in [-0.39, 0.29) is 16.5 Å². The molecule has 0 bridgehead atoms. The number of nitrogens with zero attached hydrogens (tertiary/aromatic N) is 1. The van der Waals surface area contributed by atoms with Crippen molar-refractivity contribution in [2.24, 2.45) is 0 Å². The molecule has 0 amide bonds. The second-order valence-electron chi connectivity index (χ2n) is 4.35. The minimum atomic E-state index is -0.371. The lowest BCUT2D eigenvalue weighted by Crippen LogP contribution is -1.97. The van der Waals surface area contributed by atoms with Gasteiger partial charge in [-0.05, 0) is 23.3 Å². The van der Waals surface area contributed by atoms with Gasteiger partial charge in [0.25, 0.3) is 5.69 Å². The van der Waals surface area contributed by atoms with Crippen molar-refractivity contribution >= 4 is 5.69 Å². The van der Waals surface area contributed by atoms with Gasteiger partial charge in [0.1, 0.15) is 5.75 Å². The molecular formula is C15H15NO3. The molecule has 0 aliphatic rings. The molecule has 0 saturated carbocycles. The fourth-order valence-electron chi connectivity index (χ4n) is 1.99. The minimum Gasteiger partial charge on any atom is -0.497 e. The van der Waals surface area contributed by atoms with Crippen molar-refractivity contribution in [2.45, 2.75) is 12.8 Å². The highest BCUT2D eigenvalue weighted by Gasteiger charge is 2.12. The number of non-ortho nitro benzene ring substituents is 1. The van der Waals surface area contributed by atoms with Gasteiger partial charge in [-0.2, -0.15) is 0 Å². The molecule has 0 saturated heterocycles. The van der Waals surface area contributed by atoms with Gasteiger partial charge < -0.3 is 4.74 Å². The average molecular weight is 257 g/mol. The Kier molecular flexibility index (Phi) is 3.80.